The molecule has 0 amide bonds. The summed E-state index contributed by atoms with van der Waals surface area (Å²) in [6, 6.07) is 2.28. The molecule has 1 heterocycles. The Hall–Kier alpha value is -0.590. The maximum absolute atomic E-state index is 8.75. The van der Waals surface area contributed by atoms with E-state index in [2.05, 4.69) is 6.07 Å². The lowest BCUT2D eigenvalue weighted by Gasteiger charge is -2.26. The number of rotatable bonds is 5. The van der Waals surface area contributed by atoms with Gasteiger partial charge in [0.1, 0.15) is 6.10 Å². The Morgan fingerprint density at radius 3 is 2.69 bits per heavy atom. The van der Waals surface area contributed by atoms with E-state index in [0.29, 0.717) is 6.10 Å². The van der Waals surface area contributed by atoms with E-state index in [0.717, 1.165) is 32.7 Å². The molecule has 13 heavy (non-hydrogen) atoms. The largest absolute Gasteiger partial charge is 0.376 e. The first-order valence-corrected chi connectivity index (χ1v) is 4.75. The molecule has 0 saturated carbocycles. The average molecular weight is 183 g/mol. The fourth-order valence-corrected chi connectivity index (χ4v) is 1.13. The monoisotopic (exact) mass is 183 g/mol. The Balaban J connectivity index is 1.97. The third kappa shape index (κ3) is 3.75. The highest BCUT2D eigenvalue weighted by atomic mass is 16.6. The molecule has 0 spiro atoms. The van der Waals surface area contributed by atoms with Gasteiger partial charge in [0.25, 0.3) is 0 Å². The van der Waals surface area contributed by atoms with E-state index in [1.807, 2.05) is 13.8 Å². The van der Waals surface area contributed by atoms with Gasteiger partial charge in [-0.1, -0.05) is 0 Å². The van der Waals surface area contributed by atoms with Crippen LogP contribution in [0.5, 0.6) is 0 Å². The first kappa shape index (κ1) is 10.5. The maximum Gasteiger partial charge on any atom is 0.104 e. The van der Waals surface area contributed by atoms with E-state index in [1.165, 1.54) is 0 Å². The zero-order chi connectivity index (χ0) is 9.73. The predicted octanol–water partition coefficient (Wildman–Crippen LogP) is 1.73. The van der Waals surface area contributed by atoms with Crippen LogP contribution in [0.2, 0.25) is 0 Å². The first-order valence-electron chi connectivity index (χ1n) is 4.75. The van der Waals surface area contributed by atoms with Gasteiger partial charge in [0.15, 0.2) is 0 Å². The van der Waals surface area contributed by atoms with Crippen LogP contribution in [0, 0.1) is 16.7 Å². The van der Waals surface area contributed by atoms with Crippen molar-refractivity contribution in [2.75, 3.05) is 19.8 Å². The van der Waals surface area contributed by atoms with Crippen molar-refractivity contribution >= 4 is 0 Å². The van der Waals surface area contributed by atoms with Crippen LogP contribution in [0.4, 0.5) is 0 Å². The molecule has 1 rings (SSSR count). The standard InChI is InChI=1S/C10H17NO2/c1-10(2,8-11)4-3-5-13-9-6-12-7-9/h9H,3-7H2,1-2H3. The van der Waals surface area contributed by atoms with Crippen LogP contribution in [0.25, 0.3) is 0 Å². The van der Waals surface area contributed by atoms with Crippen molar-refractivity contribution in [1.29, 1.82) is 5.26 Å². The Bertz CT molecular complexity index is 192. The molecule has 0 bridgehead atoms. The van der Waals surface area contributed by atoms with E-state index >= 15 is 0 Å². The molecule has 0 N–H and O–H groups in total. The van der Waals surface area contributed by atoms with Gasteiger partial charge in [-0.2, -0.15) is 5.26 Å². The zero-order valence-electron chi connectivity index (χ0n) is 8.38. The second-order valence-corrected chi connectivity index (χ2v) is 4.13. The molecule has 0 unspecified atom stereocenters. The molecule has 74 valence electrons. The summed E-state index contributed by atoms with van der Waals surface area (Å²) in [5.74, 6) is 0. The van der Waals surface area contributed by atoms with Crippen LogP contribution < -0.4 is 0 Å². The van der Waals surface area contributed by atoms with Crippen molar-refractivity contribution in [2.45, 2.75) is 32.8 Å². The van der Waals surface area contributed by atoms with E-state index in [4.69, 9.17) is 14.7 Å². The van der Waals surface area contributed by atoms with Gasteiger partial charge >= 0.3 is 0 Å². The van der Waals surface area contributed by atoms with Crippen molar-refractivity contribution in [3.05, 3.63) is 0 Å². The van der Waals surface area contributed by atoms with E-state index in [1.54, 1.807) is 0 Å². The summed E-state index contributed by atoms with van der Waals surface area (Å²) in [4.78, 5) is 0. The van der Waals surface area contributed by atoms with Gasteiger partial charge in [-0.05, 0) is 26.7 Å². The third-order valence-corrected chi connectivity index (χ3v) is 2.21. The van der Waals surface area contributed by atoms with Crippen LogP contribution in [-0.2, 0) is 9.47 Å². The van der Waals surface area contributed by atoms with Crippen molar-refractivity contribution < 1.29 is 9.47 Å². The number of hydrogen-bond acceptors (Lipinski definition) is 3. The van der Waals surface area contributed by atoms with Crippen LogP contribution in [0.3, 0.4) is 0 Å². The fraction of sp³-hybridized carbons (Fsp3) is 0.900. The molecule has 1 saturated heterocycles. The molecule has 3 nitrogen and oxygen atoms in total. The molecule has 0 aromatic heterocycles. The minimum atomic E-state index is -0.209. The smallest absolute Gasteiger partial charge is 0.104 e. The number of nitrogens with zero attached hydrogens (tertiary/aromatic N) is 1. The Kier molecular flexibility index (Phi) is 3.71. The summed E-state index contributed by atoms with van der Waals surface area (Å²) in [7, 11) is 0. The average Bonchev–Trinajstić information content (AvgIpc) is 2.01. The summed E-state index contributed by atoms with van der Waals surface area (Å²) < 4.78 is 10.5. The molecule has 0 aromatic carbocycles. The van der Waals surface area contributed by atoms with Gasteiger partial charge in [0.2, 0.25) is 0 Å². The molecule has 1 aliphatic heterocycles. The Morgan fingerprint density at radius 1 is 1.54 bits per heavy atom. The van der Waals surface area contributed by atoms with E-state index in [-0.39, 0.29) is 5.41 Å². The maximum atomic E-state index is 8.75. The molecule has 0 aromatic rings. The summed E-state index contributed by atoms with van der Waals surface area (Å²) in [5.41, 5.74) is -0.209. The van der Waals surface area contributed by atoms with Crippen LogP contribution in [0.1, 0.15) is 26.7 Å². The third-order valence-electron chi connectivity index (χ3n) is 2.21. The van der Waals surface area contributed by atoms with Crippen LogP contribution in [-0.4, -0.2) is 25.9 Å². The SMILES string of the molecule is CC(C)(C#N)CCCOC1COC1. The Labute approximate surface area is 79.6 Å². The molecule has 1 aliphatic rings. The number of ether oxygens (including phenoxy) is 2. The minimum absolute atomic E-state index is 0.209. The first-order chi connectivity index (χ1) is 6.14. The zero-order valence-corrected chi connectivity index (χ0v) is 8.38. The topological polar surface area (TPSA) is 42.2 Å². The van der Waals surface area contributed by atoms with Gasteiger partial charge in [-0.3, -0.25) is 0 Å². The molecule has 0 radical (unpaired) electrons. The highest BCUT2D eigenvalue weighted by Gasteiger charge is 2.20. The highest BCUT2D eigenvalue weighted by molar-refractivity contribution is 4.91. The van der Waals surface area contributed by atoms with Gasteiger partial charge < -0.3 is 9.47 Å². The van der Waals surface area contributed by atoms with Gasteiger partial charge in [-0.25, -0.2) is 0 Å². The highest BCUT2D eigenvalue weighted by Crippen LogP contribution is 2.20. The molecular formula is C10H17NO2. The second kappa shape index (κ2) is 4.59. The van der Waals surface area contributed by atoms with Crippen LogP contribution >= 0.6 is 0 Å². The molecule has 0 atom stereocenters. The molecule has 1 fully saturated rings. The van der Waals surface area contributed by atoms with Gasteiger partial charge in [0, 0.05) is 6.61 Å². The normalized spacial score (nSPS) is 17.9. The lowest BCUT2D eigenvalue weighted by atomic mass is 9.90. The molecule has 0 aliphatic carbocycles. The van der Waals surface area contributed by atoms with E-state index in [9.17, 15) is 0 Å². The minimum Gasteiger partial charge on any atom is -0.376 e. The summed E-state index contributed by atoms with van der Waals surface area (Å²) in [6.07, 6.45) is 2.17. The van der Waals surface area contributed by atoms with Gasteiger partial charge in [-0.15, -0.1) is 0 Å². The van der Waals surface area contributed by atoms with Crippen molar-refractivity contribution in [2.24, 2.45) is 5.41 Å². The van der Waals surface area contributed by atoms with Crippen molar-refractivity contribution in [3.63, 3.8) is 0 Å². The second-order valence-electron chi connectivity index (χ2n) is 4.13. The lowest BCUT2D eigenvalue weighted by molar-refractivity contribution is -0.130. The van der Waals surface area contributed by atoms with E-state index < -0.39 is 0 Å². The molecular weight excluding hydrogens is 166 g/mol. The van der Waals surface area contributed by atoms with Gasteiger partial charge in [0.05, 0.1) is 24.7 Å². The predicted molar refractivity (Wildman–Crippen MR) is 49.2 cm³/mol. The number of hydrogen-bond donors (Lipinski definition) is 0. The van der Waals surface area contributed by atoms with Crippen molar-refractivity contribution in [1.82, 2.24) is 0 Å². The fourth-order valence-electron chi connectivity index (χ4n) is 1.13. The Morgan fingerprint density at radius 2 is 2.23 bits per heavy atom. The number of nitriles is 1. The molecule has 3 heteroatoms. The lowest BCUT2D eigenvalue weighted by Crippen LogP contribution is -2.36. The summed E-state index contributed by atoms with van der Waals surface area (Å²) in [5, 5.41) is 8.75. The summed E-state index contributed by atoms with van der Waals surface area (Å²) >= 11 is 0. The van der Waals surface area contributed by atoms with Crippen molar-refractivity contribution in [3.8, 4) is 6.07 Å². The van der Waals surface area contributed by atoms with Crippen LogP contribution in [0.15, 0.2) is 0 Å². The summed E-state index contributed by atoms with van der Waals surface area (Å²) in [6.45, 7) is 6.14. The quantitative estimate of drug-likeness (QED) is 0.609.